The van der Waals surface area contributed by atoms with Crippen LogP contribution in [0, 0.1) is 5.41 Å². The van der Waals surface area contributed by atoms with Crippen LogP contribution in [0.15, 0.2) is 33.3 Å². The largest absolute Gasteiger partial charge is 0.339 e. The van der Waals surface area contributed by atoms with Crippen molar-refractivity contribution in [2.75, 3.05) is 31.1 Å². The Labute approximate surface area is 234 Å². The van der Waals surface area contributed by atoms with Crippen molar-refractivity contribution in [3.05, 3.63) is 41.8 Å². The Morgan fingerprint density at radius 3 is 2.27 bits per heavy atom. The van der Waals surface area contributed by atoms with Crippen LogP contribution in [0.4, 0.5) is 5.69 Å². The van der Waals surface area contributed by atoms with E-state index in [1.165, 1.54) is 25.7 Å². The molecule has 5 aliphatic carbocycles. The van der Waals surface area contributed by atoms with Gasteiger partial charge in [0, 0.05) is 35.0 Å². The van der Waals surface area contributed by atoms with E-state index in [9.17, 15) is 4.79 Å². The Balaban J connectivity index is 1.04. The summed E-state index contributed by atoms with van der Waals surface area (Å²) in [6, 6.07) is 8.15. The first kappa shape index (κ1) is 24.7. The molecule has 0 spiro atoms. The predicted octanol–water partition coefficient (Wildman–Crippen LogP) is 5.60. The van der Waals surface area contributed by atoms with Gasteiger partial charge in [-0.3, -0.25) is 9.69 Å². The second kappa shape index (κ2) is 9.50. The third-order valence-electron chi connectivity index (χ3n) is 10.4. The Morgan fingerprint density at radius 2 is 1.57 bits per heavy atom. The summed E-state index contributed by atoms with van der Waals surface area (Å²) in [4.78, 5) is 27.9. The van der Waals surface area contributed by atoms with E-state index in [2.05, 4.69) is 37.2 Å². The smallest absolute Gasteiger partial charge is 0.258 e. The minimum absolute atomic E-state index is 0.0173. The van der Waals surface area contributed by atoms with Gasteiger partial charge in [-0.15, -0.1) is 0 Å². The number of aromatic nitrogens is 4. The van der Waals surface area contributed by atoms with Gasteiger partial charge in [0.05, 0.1) is 6.54 Å². The molecule has 210 valence electrons. The van der Waals surface area contributed by atoms with Gasteiger partial charge in [-0.1, -0.05) is 16.4 Å². The molecule has 0 unspecified atom stereocenters. The van der Waals surface area contributed by atoms with Crippen molar-refractivity contribution in [1.82, 2.24) is 25.2 Å². The van der Waals surface area contributed by atoms with Crippen molar-refractivity contribution < 1.29 is 13.8 Å². The highest BCUT2D eigenvalue weighted by Crippen LogP contribution is 2.58. The molecule has 9 heteroatoms. The summed E-state index contributed by atoms with van der Waals surface area (Å²) in [7, 11) is 0. The molecule has 6 fully saturated rings. The van der Waals surface area contributed by atoms with Gasteiger partial charge < -0.3 is 13.9 Å². The second-order valence-electron chi connectivity index (χ2n) is 13.3. The molecule has 40 heavy (non-hydrogen) atoms. The van der Waals surface area contributed by atoms with Gasteiger partial charge in [-0.05, 0) is 114 Å². The fourth-order valence-corrected chi connectivity index (χ4v) is 7.32. The number of hydrogen-bond donors (Lipinski definition) is 0. The number of rotatable bonds is 9. The van der Waals surface area contributed by atoms with Crippen LogP contribution in [0.1, 0.15) is 106 Å². The van der Waals surface area contributed by atoms with Gasteiger partial charge in [0.15, 0.2) is 11.6 Å². The molecule has 5 saturated carbocycles. The zero-order valence-electron chi connectivity index (χ0n) is 23.2. The van der Waals surface area contributed by atoms with Crippen LogP contribution in [0.5, 0.6) is 0 Å². The normalized spacial score (nSPS) is 28.3. The summed E-state index contributed by atoms with van der Waals surface area (Å²) in [5.41, 5.74) is 1.93. The van der Waals surface area contributed by atoms with E-state index in [4.69, 9.17) is 14.0 Å². The van der Waals surface area contributed by atoms with E-state index in [1.807, 2.05) is 12.1 Å². The number of hydrogen-bond acceptors (Lipinski definition) is 8. The minimum atomic E-state index is 0.0173. The fourth-order valence-electron chi connectivity index (χ4n) is 7.32. The number of likely N-dealkylation sites (tertiary alicyclic amines) is 1. The molecule has 1 aromatic carbocycles. The van der Waals surface area contributed by atoms with Gasteiger partial charge >= 0.3 is 0 Å². The second-order valence-corrected chi connectivity index (χ2v) is 13.3. The predicted molar refractivity (Wildman–Crippen MR) is 148 cm³/mol. The van der Waals surface area contributed by atoms with Crippen LogP contribution in [0.2, 0.25) is 0 Å². The highest BCUT2D eigenvalue weighted by Gasteiger charge is 2.53. The summed E-state index contributed by atoms with van der Waals surface area (Å²) in [5, 5.41) is 8.54. The molecule has 3 heterocycles. The number of nitrogens with zero attached hydrogens (tertiary/aromatic N) is 6. The molecular weight excluding hydrogens is 504 g/mol. The maximum Gasteiger partial charge on any atom is 0.258 e. The summed E-state index contributed by atoms with van der Waals surface area (Å²) >= 11 is 0. The lowest BCUT2D eigenvalue weighted by atomic mass is 9.53. The Hall–Kier alpha value is -3.07. The molecule has 0 radical (unpaired) electrons. The quantitative estimate of drug-likeness (QED) is 0.345. The molecule has 1 aliphatic heterocycles. The number of carbonyl (C=O) groups excluding carboxylic acids is 1. The van der Waals surface area contributed by atoms with Crippen LogP contribution < -0.4 is 4.90 Å². The zero-order valence-corrected chi connectivity index (χ0v) is 23.2. The first-order valence-electron chi connectivity index (χ1n) is 15.4. The van der Waals surface area contributed by atoms with E-state index < -0.39 is 0 Å². The molecule has 0 atom stereocenters. The number of anilines is 1. The van der Waals surface area contributed by atoms with Crippen LogP contribution in [0.3, 0.4) is 0 Å². The Bertz CT molecular complexity index is 1370. The lowest BCUT2D eigenvalue weighted by Gasteiger charge is -2.53. The van der Waals surface area contributed by atoms with Gasteiger partial charge in [-0.25, -0.2) is 0 Å². The molecule has 6 aliphatic rings. The van der Waals surface area contributed by atoms with Crippen LogP contribution in [-0.4, -0.2) is 57.3 Å². The summed E-state index contributed by atoms with van der Waals surface area (Å²) in [6.45, 7) is 3.23. The summed E-state index contributed by atoms with van der Waals surface area (Å²) in [5.74, 6) is 4.26. The lowest BCUT2D eigenvalue weighted by molar-refractivity contribution is -0.120. The standard InChI is InChI=1S/C31H38N6O3/c38-25(19-36-16-1-2-17-36)37(24-5-3-4-23(18-24)28-32-26(34-39-28)21-6-7-21)20-30-10-13-31(14-11-30,15-12-30)29-33-27(35-40-29)22-8-9-22/h3-5,18,21-22H,1-2,6-17,19-20H2. The topological polar surface area (TPSA) is 101 Å². The number of fused-ring (bicyclic) bond motifs is 3. The lowest BCUT2D eigenvalue weighted by Crippen LogP contribution is -2.52. The van der Waals surface area contributed by atoms with Crippen LogP contribution >= 0.6 is 0 Å². The fraction of sp³-hybridized carbons (Fsp3) is 0.645. The summed E-state index contributed by atoms with van der Waals surface area (Å²) < 4.78 is 11.5. The van der Waals surface area contributed by atoms with Crippen LogP contribution in [-0.2, 0) is 10.2 Å². The van der Waals surface area contributed by atoms with Crippen molar-refractivity contribution in [3.63, 3.8) is 0 Å². The molecule has 3 aromatic rings. The average Bonchev–Trinajstić information content (AvgIpc) is 3.85. The molecule has 1 saturated heterocycles. The first-order valence-corrected chi connectivity index (χ1v) is 15.4. The molecular formula is C31H38N6O3. The van der Waals surface area contributed by atoms with Gasteiger partial charge in [0.1, 0.15) is 0 Å². The first-order chi connectivity index (χ1) is 19.6. The monoisotopic (exact) mass is 542 g/mol. The molecule has 9 rings (SSSR count). The van der Waals surface area contributed by atoms with Gasteiger partial charge in [0.25, 0.3) is 5.89 Å². The number of amides is 1. The van der Waals surface area contributed by atoms with E-state index in [1.54, 1.807) is 0 Å². The third kappa shape index (κ3) is 4.56. The molecule has 1 amide bonds. The number of benzene rings is 1. The Kier molecular flexibility index (Phi) is 5.87. The van der Waals surface area contributed by atoms with E-state index in [-0.39, 0.29) is 16.7 Å². The van der Waals surface area contributed by atoms with E-state index in [0.29, 0.717) is 24.3 Å². The van der Waals surface area contributed by atoms with E-state index >= 15 is 0 Å². The van der Waals surface area contributed by atoms with Crippen molar-refractivity contribution in [1.29, 1.82) is 0 Å². The maximum atomic E-state index is 14.0. The third-order valence-corrected chi connectivity index (χ3v) is 10.4. The zero-order chi connectivity index (χ0) is 26.7. The van der Waals surface area contributed by atoms with Gasteiger partial charge in [-0.2, -0.15) is 9.97 Å². The molecule has 9 nitrogen and oxygen atoms in total. The minimum Gasteiger partial charge on any atom is -0.339 e. The SMILES string of the molecule is O=C(CN1CCCC1)N(CC12CCC(c3nc(C4CC4)no3)(CC1)CC2)c1cccc(-c2nc(C3CC3)no2)c1. The number of carbonyl (C=O) groups is 1. The average molecular weight is 543 g/mol. The van der Waals surface area contributed by atoms with Crippen molar-refractivity contribution >= 4 is 11.6 Å². The van der Waals surface area contributed by atoms with Crippen molar-refractivity contribution in [3.8, 4) is 11.5 Å². The Morgan fingerprint density at radius 1 is 0.900 bits per heavy atom. The van der Waals surface area contributed by atoms with Crippen molar-refractivity contribution in [2.24, 2.45) is 5.41 Å². The van der Waals surface area contributed by atoms with Gasteiger partial charge in [0.2, 0.25) is 11.8 Å². The highest BCUT2D eigenvalue weighted by molar-refractivity contribution is 5.95. The maximum absolute atomic E-state index is 14.0. The molecule has 0 N–H and O–H groups in total. The highest BCUT2D eigenvalue weighted by atomic mass is 16.5. The summed E-state index contributed by atoms with van der Waals surface area (Å²) in [6.07, 6.45) is 13.4. The van der Waals surface area contributed by atoms with Crippen LogP contribution in [0.25, 0.3) is 11.5 Å². The molecule has 2 aromatic heterocycles. The molecule has 2 bridgehead atoms. The van der Waals surface area contributed by atoms with E-state index in [0.717, 1.165) is 99.8 Å². The van der Waals surface area contributed by atoms with Crippen molar-refractivity contribution in [2.45, 2.75) is 94.3 Å².